The van der Waals surface area contributed by atoms with Crippen LogP contribution >= 0.6 is 0 Å². The zero-order valence-electron chi connectivity index (χ0n) is 10.3. The molecule has 2 heterocycles. The molecular formula is C14H10O6. The number of cyclic esters (lactones) is 3. The Kier molecular flexibility index (Phi) is 2.13. The topological polar surface area (TPSA) is 89.9 Å². The van der Waals surface area contributed by atoms with Gasteiger partial charge in [0.2, 0.25) is 6.29 Å². The Morgan fingerprint density at radius 3 is 2.25 bits per heavy atom. The molecule has 1 aliphatic carbocycles. The molecule has 4 rings (SSSR count). The number of aliphatic hydroxyl groups is 1. The first-order valence-electron chi connectivity index (χ1n) is 6.35. The van der Waals surface area contributed by atoms with Crippen LogP contribution in [0, 0.1) is 11.8 Å². The minimum atomic E-state index is -1.09. The molecule has 20 heavy (non-hydrogen) atoms. The van der Waals surface area contributed by atoms with Crippen molar-refractivity contribution in [3.63, 3.8) is 0 Å². The molecule has 1 saturated heterocycles. The zero-order chi connectivity index (χ0) is 14.0. The fourth-order valence-electron chi connectivity index (χ4n) is 3.24. The van der Waals surface area contributed by atoms with Gasteiger partial charge in [-0.1, -0.05) is 0 Å². The third-order valence-electron chi connectivity index (χ3n) is 4.28. The lowest BCUT2D eigenvalue weighted by Gasteiger charge is -2.25. The monoisotopic (exact) mass is 274 g/mol. The van der Waals surface area contributed by atoms with Gasteiger partial charge in [-0.25, -0.2) is 9.59 Å². The van der Waals surface area contributed by atoms with E-state index in [0.717, 1.165) is 11.1 Å². The van der Waals surface area contributed by atoms with Crippen molar-refractivity contribution in [2.45, 2.75) is 19.1 Å². The standard InChI is InChI=1S/C14H10O6/c15-11-7-1-5-2-9-10(14(18)20-13(9)17)4-6(5)3-8(7)12(16)19-11/h1,3,9-10,13,17H,2,4H2. The highest BCUT2D eigenvalue weighted by molar-refractivity contribution is 6.14. The number of rotatable bonds is 0. The molecule has 6 heteroatoms. The average Bonchev–Trinajstić information content (AvgIpc) is 2.84. The Morgan fingerprint density at radius 1 is 1.00 bits per heavy atom. The molecule has 1 aromatic rings. The van der Waals surface area contributed by atoms with Gasteiger partial charge in [0, 0.05) is 5.92 Å². The van der Waals surface area contributed by atoms with Gasteiger partial charge in [-0.2, -0.15) is 0 Å². The lowest BCUT2D eigenvalue weighted by molar-refractivity contribution is -0.156. The number of carbonyl (C=O) groups is 3. The second-order valence-electron chi connectivity index (χ2n) is 5.35. The lowest BCUT2D eigenvalue weighted by Crippen LogP contribution is -2.29. The molecule has 0 amide bonds. The maximum absolute atomic E-state index is 11.7. The minimum Gasteiger partial charge on any atom is -0.435 e. The lowest BCUT2D eigenvalue weighted by atomic mass is 9.76. The van der Waals surface area contributed by atoms with E-state index in [1.54, 1.807) is 12.1 Å². The van der Waals surface area contributed by atoms with E-state index in [9.17, 15) is 19.5 Å². The van der Waals surface area contributed by atoms with Crippen LogP contribution in [0.2, 0.25) is 0 Å². The highest BCUT2D eigenvalue weighted by Crippen LogP contribution is 2.39. The van der Waals surface area contributed by atoms with E-state index in [1.165, 1.54) is 0 Å². The van der Waals surface area contributed by atoms with Crippen LogP contribution in [0.25, 0.3) is 0 Å². The van der Waals surface area contributed by atoms with Crippen LogP contribution < -0.4 is 0 Å². The van der Waals surface area contributed by atoms with E-state index in [-0.39, 0.29) is 23.0 Å². The molecule has 0 aromatic heterocycles. The minimum absolute atomic E-state index is 0.249. The van der Waals surface area contributed by atoms with Gasteiger partial charge in [0.15, 0.2) is 0 Å². The summed E-state index contributed by atoms with van der Waals surface area (Å²) in [5.74, 6) is -2.38. The highest BCUT2D eigenvalue weighted by atomic mass is 16.6. The molecule has 1 N–H and O–H groups in total. The molecular weight excluding hydrogens is 264 g/mol. The number of aliphatic hydroxyl groups excluding tert-OH is 1. The molecule has 3 atom stereocenters. The van der Waals surface area contributed by atoms with Crippen LogP contribution in [0.4, 0.5) is 0 Å². The van der Waals surface area contributed by atoms with Gasteiger partial charge in [0.25, 0.3) is 0 Å². The van der Waals surface area contributed by atoms with Crippen molar-refractivity contribution in [2.24, 2.45) is 11.8 Å². The van der Waals surface area contributed by atoms with Gasteiger partial charge >= 0.3 is 17.9 Å². The van der Waals surface area contributed by atoms with E-state index in [2.05, 4.69) is 4.74 Å². The third kappa shape index (κ3) is 1.39. The van der Waals surface area contributed by atoms with E-state index in [4.69, 9.17) is 4.74 Å². The van der Waals surface area contributed by atoms with Crippen molar-refractivity contribution in [1.82, 2.24) is 0 Å². The molecule has 2 aliphatic heterocycles. The zero-order valence-corrected chi connectivity index (χ0v) is 10.3. The number of hydrogen-bond donors (Lipinski definition) is 1. The molecule has 0 bridgehead atoms. The first-order chi connectivity index (χ1) is 9.54. The summed E-state index contributed by atoms with van der Waals surface area (Å²) in [5, 5.41) is 9.72. The number of carbonyl (C=O) groups excluding carboxylic acids is 3. The van der Waals surface area contributed by atoms with Crippen LogP contribution in [0.15, 0.2) is 12.1 Å². The molecule has 1 aromatic carbocycles. The third-order valence-corrected chi connectivity index (χ3v) is 4.28. The number of hydrogen-bond acceptors (Lipinski definition) is 6. The van der Waals surface area contributed by atoms with Crippen LogP contribution in [-0.2, 0) is 27.1 Å². The Bertz CT molecular complexity index is 676. The van der Waals surface area contributed by atoms with E-state index in [0.29, 0.717) is 12.8 Å². The number of ether oxygens (including phenoxy) is 2. The molecule has 0 spiro atoms. The molecule has 1 fully saturated rings. The summed E-state index contributed by atoms with van der Waals surface area (Å²) in [6.45, 7) is 0. The molecule has 0 saturated carbocycles. The number of esters is 3. The number of benzene rings is 1. The summed E-state index contributed by atoms with van der Waals surface area (Å²) in [5.41, 5.74) is 2.20. The fourth-order valence-corrected chi connectivity index (χ4v) is 3.24. The van der Waals surface area contributed by atoms with Crippen molar-refractivity contribution in [1.29, 1.82) is 0 Å². The van der Waals surface area contributed by atoms with Crippen LogP contribution in [-0.4, -0.2) is 29.3 Å². The quantitative estimate of drug-likeness (QED) is 0.537. The summed E-state index contributed by atoms with van der Waals surface area (Å²) in [7, 11) is 0. The molecule has 3 aliphatic rings. The van der Waals surface area contributed by atoms with Crippen molar-refractivity contribution in [3.8, 4) is 0 Å². The van der Waals surface area contributed by atoms with E-state index >= 15 is 0 Å². The molecule has 3 unspecified atom stereocenters. The largest absolute Gasteiger partial charge is 0.435 e. The molecule has 6 nitrogen and oxygen atoms in total. The van der Waals surface area contributed by atoms with Gasteiger partial charge in [-0.05, 0) is 36.1 Å². The summed E-state index contributed by atoms with van der Waals surface area (Å²) < 4.78 is 9.41. The summed E-state index contributed by atoms with van der Waals surface area (Å²) >= 11 is 0. The van der Waals surface area contributed by atoms with Gasteiger partial charge < -0.3 is 14.6 Å². The maximum atomic E-state index is 11.7. The summed E-state index contributed by atoms with van der Waals surface area (Å²) in [6, 6.07) is 3.25. The van der Waals surface area contributed by atoms with Crippen molar-refractivity contribution >= 4 is 17.9 Å². The van der Waals surface area contributed by atoms with Crippen molar-refractivity contribution < 1.29 is 29.0 Å². The maximum Gasteiger partial charge on any atom is 0.346 e. The summed E-state index contributed by atoms with van der Waals surface area (Å²) in [6.07, 6.45) is -0.241. The Morgan fingerprint density at radius 2 is 1.60 bits per heavy atom. The van der Waals surface area contributed by atoms with Gasteiger partial charge in [0.05, 0.1) is 17.0 Å². The van der Waals surface area contributed by atoms with E-state index in [1.807, 2.05) is 0 Å². The Hall–Kier alpha value is -2.21. The molecule has 0 radical (unpaired) electrons. The smallest absolute Gasteiger partial charge is 0.346 e. The van der Waals surface area contributed by atoms with E-state index < -0.39 is 24.2 Å². The van der Waals surface area contributed by atoms with Crippen LogP contribution in [0.3, 0.4) is 0 Å². The SMILES string of the molecule is O=C1OC(=O)c2cc3c(cc21)CC1C(=O)OC(O)C1C3. The average molecular weight is 274 g/mol. The van der Waals surface area contributed by atoms with Gasteiger partial charge in [-0.15, -0.1) is 0 Å². The molecule has 102 valence electrons. The second kappa shape index (κ2) is 3.67. The predicted octanol–water partition coefficient (Wildman–Crippen LogP) is 0.203. The van der Waals surface area contributed by atoms with Crippen molar-refractivity contribution in [2.75, 3.05) is 0 Å². The van der Waals surface area contributed by atoms with Crippen LogP contribution in [0.5, 0.6) is 0 Å². The number of fused-ring (bicyclic) bond motifs is 3. The first-order valence-corrected chi connectivity index (χ1v) is 6.35. The summed E-state index contributed by atoms with van der Waals surface area (Å²) in [4.78, 5) is 34.7. The Balaban J connectivity index is 1.81. The van der Waals surface area contributed by atoms with Gasteiger partial charge in [0.1, 0.15) is 0 Å². The fraction of sp³-hybridized carbons (Fsp3) is 0.357. The van der Waals surface area contributed by atoms with Gasteiger partial charge in [-0.3, -0.25) is 4.79 Å². The first kappa shape index (κ1) is 11.6. The normalized spacial score (nSPS) is 30.4. The Labute approximate surface area is 113 Å². The van der Waals surface area contributed by atoms with Crippen LogP contribution in [0.1, 0.15) is 31.8 Å². The highest BCUT2D eigenvalue weighted by Gasteiger charge is 2.47. The van der Waals surface area contributed by atoms with Crippen molar-refractivity contribution in [3.05, 3.63) is 34.4 Å². The predicted molar refractivity (Wildman–Crippen MR) is 62.7 cm³/mol. The second-order valence-corrected chi connectivity index (χ2v) is 5.35.